The van der Waals surface area contributed by atoms with E-state index >= 15 is 0 Å². The van der Waals surface area contributed by atoms with Crippen molar-refractivity contribution in [2.45, 2.75) is 35.1 Å². The second-order valence-corrected chi connectivity index (χ2v) is 26.3. The number of rotatable bonds is 8. The number of benzene rings is 8. The first kappa shape index (κ1) is 44.7. The highest BCUT2D eigenvalue weighted by atomic mass is 79.9. The first-order valence-electron chi connectivity index (χ1n) is 19.3. The van der Waals surface area contributed by atoms with Gasteiger partial charge in [0.25, 0.3) is 0 Å². The molecule has 0 aromatic heterocycles. The van der Waals surface area contributed by atoms with Gasteiger partial charge in [-0.05, 0) is 118 Å². The predicted molar refractivity (Wildman–Crippen MR) is 277 cm³/mol. The largest absolute Gasteiger partial charge is 0.179 e. The number of aryl methyl sites for hydroxylation is 4. The third-order valence-corrected chi connectivity index (χ3v) is 22.8. The Morgan fingerprint density at radius 1 is 0.220 bits per heavy atom. The maximum absolute atomic E-state index is 3.61. The molecule has 8 aromatic rings. The molecule has 6 heteroatoms. The first-order valence-corrected chi connectivity index (χ1v) is 26.5. The number of hydrogen-bond acceptors (Lipinski definition) is 0. The number of halogens is 4. The summed E-state index contributed by atoms with van der Waals surface area (Å²) in [5.74, 6) is 0. The average Bonchev–Trinajstić information content (AvgIpc) is 3.23. The van der Waals surface area contributed by atoms with E-state index in [2.05, 4.69) is 286 Å². The Bertz CT molecular complexity index is 2010. The molecular weight excluding hydrogens is 1010 g/mol. The van der Waals surface area contributed by atoms with Gasteiger partial charge in [-0.3, -0.25) is 0 Å². The fourth-order valence-corrected chi connectivity index (χ4v) is 18.4. The Balaban J connectivity index is 0.000000195. The van der Waals surface area contributed by atoms with Gasteiger partial charge in [0, 0.05) is 17.9 Å². The molecule has 296 valence electrons. The first-order chi connectivity index (χ1) is 28.0. The van der Waals surface area contributed by atoms with Crippen molar-refractivity contribution in [3.05, 3.63) is 234 Å². The summed E-state index contributed by atoms with van der Waals surface area (Å²) in [6.07, 6.45) is 0. The van der Waals surface area contributed by atoms with Crippen molar-refractivity contribution in [3.8, 4) is 0 Å². The van der Waals surface area contributed by atoms with E-state index in [-0.39, 0.29) is 7.43 Å². The van der Waals surface area contributed by atoms with Gasteiger partial charge in [0.15, 0.2) is 16.1 Å². The minimum atomic E-state index is -2.48. The van der Waals surface area contributed by atoms with E-state index in [0.717, 1.165) is 17.9 Å². The van der Waals surface area contributed by atoms with Crippen molar-refractivity contribution >= 4 is 121 Å². The van der Waals surface area contributed by atoms with E-state index in [0.29, 0.717) is 0 Å². The summed E-state index contributed by atoms with van der Waals surface area (Å²) in [6.45, 7) is 8.65. The molecule has 0 aliphatic heterocycles. The highest BCUT2D eigenvalue weighted by molar-refractivity contribution is 9.11. The molecule has 0 N–H and O–H groups in total. The summed E-state index contributed by atoms with van der Waals surface area (Å²) < 4.78 is 4.36. The molecule has 59 heavy (non-hydrogen) atoms. The molecule has 0 heterocycles. The summed E-state index contributed by atoms with van der Waals surface area (Å²) >= 11 is 14.4. The summed E-state index contributed by atoms with van der Waals surface area (Å²) in [5, 5.41) is 11.1. The van der Waals surface area contributed by atoms with Crippen molar-refractivity contribution in [1.82, 2.24) is 0 Å². The van der Waals surface area contributed by atoms with Crippen molar-refractivity contribution in [3.63, 3.8) is 0 Å². The van der Waals surface area contributed by atoms with E-state index in [1.165, 1.54) is 63.7 Å². The van der Waals surface area contributed by atoms with Crippen LogP contribution in [0.3, 0.4) is 0 Å². The molecule has 8 aromatic carbocycles. The molecule has 0 aliphatic carbocycles. The highest BCUT2D eigenvalue weighted by Gasteiger charge is 2.42. The van der Waals surface area contributed by atoms with Crippen molar-refractivity contribution in [1.29, 1.82) is 0 Å². The van der Waals surface area contributed by atoms with Crippen LogP contribution in [-0.2, 0) is 0 Å². The molecular formula is C53H48Br4Si2. The van der Waals surface area contributed by atoms with Gasteiger partial charge in [-0.1, -0.05) is 239 Å². The maximum Gasteiger partial charge on any atom is 0.179 e. The zero-order valence-corrected chi connectivity index (χ0v) is 41.3. The van der Waals surface area contributed by atoms with E-state index in [9.17, 15) is 0 Å². The Labute approximate surface area is 387 Å². The lowest BCUT2D eigenvalue weighted by atomic mass is 10.2. The standard InChI is InChI=1S/C28H28Si.C24H16Br4Si.CH4/c1-21-5-13-25(14-6-21)29(26-15-7-22(2)8-16-26,27-17-9-23(3)10-18-27)28-19-11-24(4)12-20-28;25-17-1-9-21(10-2-17)29(22-11-3-18(26)4-12-22,23-13-5-19(27)6-14-23)24-15-7-20(28)8-16-24;/h5-20H,1-4H3;1-16H;1H4. The van der Waals surface area contributed by atoms with Crippen LogP contribution in [0, 0.1) is 27.7 Å². The van der Waals surface area contributed by atoms with Gasteiger partial charge in [0.1, 0.15) is 0 Å². The molecule has 0 saturated carbocycles. The molecule has 0 nitrogen and oxygen atoms in total. The molecule has 0 amide bonds. The normalized spacial score (nSPS) is 11.3. The molecule has 0 aliphatic rings. The van der Waals surface area contributed by atoms with Crippen LogP contribution in [0.5, 0.6) is 0 Å². The molecule has 0 spiro atoms. The summed E-state index contributed by atoms with van der Waals surface area (Å²) in [6, 6.07) is 72.1. The van der Waals surface area contributed by atoms with Crippen LogP contribution >= 0.6 is 63.7 Å². The van der Waals surface area contributed by atoms with Gasteiger partial charge < -0.3 is 0 Å². The number of hydrogen-bond donors (Lipinski definition) is 0. The smallest absolute Gasteiger partial charge is 0.0776 e. The van der Waals surface area contributed by atoms with Crippen LogP contribution in [0.2, 0.25) is 0 Å². The van der Waals surface area contributed by atoms with Gasteiger partial charge in [0.05, 0.1) is 0 Å². The third-order valence-electron chi connectivity index (χ3n) is 11.0. The van der Waals surface area contributed by atoms with Crippen molar-refractivity contribution in [2.24, 2.45) is 0 Å². The minimum Gasteiger partial charge on any atom is -0.0776 e. The molecule has 0 radical (unpaired) electrons. The van der Waals surface area contributed by atoms with Crippen LogP contribution in [-0.4, -0.2) is 16.1 Å². The zero-order chi connectivity index (χ0) is 40.9. The molecule has 0 bridgehead atoms. The summed E-state index contributed by atoms with van der Waals surface area (Å²) in [7, 11) is -4.87. The van der Waals surface area contributed by atoms with E-state index in [1.807, 2.05) is 0 Å². The SMILES string of the molecule is Brc1ccc([Si](c2ccc(Br)cc2)(c2ccc(Br)cc2)c2ccc(Br)cc2)cc1.C.Cc1ccc([Si](c2ccc(C)cc2)(c2ccc(C)cc2)c2ccc(C)cc2)cc1. The van der Waals surface area contributed by atoms with E-state index < -0.39 is 16.1 Å². The van der Waals surface area contributed by atoms with Gasteiger partial charge in [0.2, 0.25) is 0 Å². The zero-order valence-electron chi connectivity index (χ0n) is 33.0. The predicted octanol–water partition coefficient (Wildman–Crippen LogP) is 11.0. The van der Waals surface area contributed by atoms with Gasteiger partial charge in [-0.25, -0.2) is 0 Å². The van der Waals surface area contributed by atoms with Crippen LogP contribution in [0.1, 0.15) is 29.7 Å². The maximum atomic E-state index is 3.61. The Kier molecular flexibility index (Phi) is 14.9. The van der Waals surface area contributed by atoms with Crippen LogP contribution in [0.15, 0.2) is 212 Å². The summed E-state index contributed by atoms with van der Waals surface area (Å²) in [5.41, 5.74) is 5.20. The van der Waals surface area contributed by atoms with E-state index in [1.54, 1.807) is 0 Å². The lowest BCUT2D eigenvalue weighted by molar-refractivity contribution is 1.46. The van der Waals surface area contributed by atoms with Crippen molar-refractivity contribution in [2.75, 3.05) is 0 Å². The van der Waals surface area contributed by atoms with Crippen LogP contribution in [0.25, 0.3) is 0 Å². The second-order valence-electron chi connectivity index (χ2n) is 15.0. The quantitative estimate of drug-likeness (QED) is 0.105. The Morgan fingerprint density at radius 2 is 0.339 bits per heavy atom. The molecule has 0 fully saturated rings. The Morgan fingerprint density at radius 3 is 0.475 bits per heavy atom. The second kappa shape index (κ2) is 19.7. The Hall–Kier alpha value is -3.89. The fourth-order valence-electron chi connectivity index (χ4n) is 8.01. The van der Waals surface area contributed by atoms with Gasteiger partial charge in [-0.15, -0.1) is 0 Å². The molecule has 8 rings (SSSR count). The van der Waals surface area contributed by atoms with Gasteiger partial charge >= 0.3 is 0 Å². The van der Waals surface area contributed by atoms with Crippen molar-refractivity contribution < 1.29 is 0 Å². The van der Waals surface area contributed by atoms with Crippen LogP contribution < -0.4 is 41.5 Å². The third kappa shape index (κ3) is 9.54. The molecule has 0 unspecified atom stereocenters. The minimum absolute atomic E-state index is 0. The highest BCUT2D eigenvalue weighted by Crippen LogP contribution is 2.18. The lowest BCUT2D eigenvalue weighted by Crippen LogP contribution is -2.74. The summed E-state index contributed by atoms with van der Waals surface area (Å²) in [4.78, 5) is 0. The van der Waals surface area contributed by atoms with E-state index in [4.69, 9.17) is 0 Å². The molecule has 0 atom stereocenters. The van der Waals surface area contributed by atoms with Gasteiger partial charge in [-0.2, -0.15) is 0 Å². The molecule has 0 saturated heterocycles. The van der Waals surface area contributed by atoms with Crippen LogP contribution in [0.4, 0.5) is 0 Å². The monoisotopic (exact) mass is 1060 g/mol. The fraction of sp³-hybridized carbons (Fsp3) is 0.0943. The average molecular weight is 1060 g/mol. The topological polar surface area (TPSA) is 0 Å². The lowest BCUT2D eigenvalue weighted by Gasteiger charge is -2.34.